The minimum atomic E-state index is -0.0434. The molecule has 0 bridgehead atoms. The number of guanidine groups is 1. The molecule has 7 nitrogen and oxygen atoms in total. The van der Waals surface area contributed by atoms with E-state index in [1.165, 1.54) is 9.78 Å². The van der Waals surface area contributed by atoms with Crippen LogP contribution in [-0.2, 0) is 16.1 Å². The maximum absolute atomic E-state index is 12.1. The van der Waals surface area contributed by atoms with Gasteiger partial charge in [0.2, 0.25) is 11.8 Å². The lowest BCUT2D eigenvalue weighted by molar-refractivity contribution is -0.128. The van der Waals surface area contributed by atoms with Gasteiger partial charge in [-0.2, -0.15) is 0 Å². The summed E-state index contributed by atoms with van der Waals surface area (Å²) in [5.74, 6) is 1.14. The second-order valence-electron chi connectivity index (χ2n) is 7.11. The number of carbonyl (C=O) groups is 2. The standard InChI is InChI=1S/C18H27N5O2S.HI/c1-22(2)17(25)11-21-18(20-10-15-4-3-7-26-15)19-9-13-8-16(24)23(12-13)14-5-6-14;/h3-4,7,13-14H,5-6,8-12H2,1-2H3,(H2,19,20,21);1H. The van der Waals surface area contributed by atoms with Crippen LogP contribution in [0.15, 0.2) is 22.5 Å². The number of rotatable bonds is 7. The summed E-state index contributed by atoms with van der Waals surface area (Å²) in [6.45, 7) is 2.27. The molecule has 2 aliphatic rings. The number of likely N-dealkylation sites (N-methyl/N-ethyl adjacent to an activating group) is 1. The predicted molar refractivity (Wildman–Crippen MR) is 118 cm³/mol. The van der Waals surface area contributed by atoms with Crippen LogP contribution in [0.25, 0.3) is 0 Å². The summed E-state index contributed by atoms with van der Waals surface area (Å²) >= 11 is 1.68. The lowest BCUT2D eigenvalue weighted by Gasteiger charge is -2.17. The monoisotopic (exact) mass is 505 g/mol. The fourth-order valence-electron chi connectivity index (χ4n) is 2.97. The van der Waals surface area contributed by atoms with E-state index in [9.17, 15) is 9.59 Å². The molecule has 1 saturated heterocycles. The van der Waals surface area contributed by atoms with E-state index in [0.717, 1.165) is 19.4 Å². The number of thiophene rings is 1. The Balaban J connectivity index is 0.00000261. The van der Waals surface area contributed by atoms with Crippen molar-refractivity contribution in [2.75, 3.05) is 33.7 Å². The molecule has 1 atom stereocenters. The number of amides is 2. The third-order valence-corrected chi connectivity index (χ3v) is 5.54. The first-order chi connectivity index (χ1) is 12.5. The van der Waals surface area contributed by atoms with Crippen molar-refractivity contribution in [1.29, 1.82) is 0 Å². The number of nitrogens with zero attached hydrogens (tertiary/aromatic N) is 3. The van der Waals surface area contributed by atoms with E-state index >= 15 is 0 Å². The summed E-state index contributed by atoms with van der Waals surface area (Å²) in [5.41, 5.74) is 0. The van der Waals surface area contributed by atoms with Crippen molar-refractivity contribution in [2.24, 2.45) is 10.9 Å². The summed E-state index contributed by atoms with van der Waals surface area (Å²) in [6.07, 6.45) is 2.89. The maximum atomic E-state index is 12.1. The largest absolute Gasteiger partial charge is 0.356 e. The van der Waals surface area contributed by atoms with E-state index in [4.69, 9.17) is 0 Å². The summed E-state index contributed by atoms with van der Waals surface area (Å²) in [6, 6.07) is 4.55. The van der Waals surface area contributed by atoms with E-state index in [-0.39, 0.29) is 42.3 Å². The molecule has 0 radical (unpaired) electrons. The highest BCUT2D eigenvalue weighted by Gasteiger charge is 2.39. The molecule has 2 N–H and O–H groups in total. The van der Waals surface area contributed by atoms with Crippen molar-refractivity contribution in [3.63, 3.8) is 0 Å². The topological polar surface area (TPSA) is 77.0 Å². The molecule has 1 unspecified atom stereocenters. The van der Waals surface area contributed by atoms with Crippen LogP contribution in [0.1, 0.15) is 24.1 Å². The van der Waals surface area contributed by atoms with Crippen LogP contribution < -0.4 is 10.6 Å². The normalized spacial score (nSPS) is 19.6. The SMILES string of the molecule is CN(C)C(=O)CN=C(NCc1cccs1)NCC1CC(=O)N(C2CC2)C1.I. The van der Waals surface area contributed by atoms with Gasteiger partial charge in [-0.25, -0.2) is 4.99 Å². The number of hydrogen-bond acceptors (Lipinski definition) is 4. The lowest BCUT2D eigenvalue weighted by atomic mass is 10.1. The minimum absolute atomic E-state index is 0. The fourth-order valence-corrected chi connectivity index (χ4v) is 3.62. The highest BCUT2D eigenvalue weighted by atomic mass is 127. The highest BCUT2D eigenvalue weighted by molar-refractivity contribution is 14.0. The van der Waals surface area contributed by atoms with Crippen LogP contribution in [0.5, 0.6) is 0 Å². The maximum Gasteiger partial charge on any atom is 0.243 e. The van der Waals surface area contributed by atoms with Crippen LogP contribution in [0.4, 0.5) is 0 Å². The second kappa shape index (κ2) is 10.3. The van der Waals surface area contributed by atoms with Gasteiger partial charge in [-0.05, 0) is 24.3 Å². The Morgan fingerprint density at radius 2 is 2.15 bits per heavy atom. The Kier molecular flexibility index (Phi) is 8.33. The average Bonchev–Trinajstić information content (AvgIpc) is 3.18. The zero-order valence-electron chi connectivity index (χ0n) is 15.8. The molecule has 2 fully saturated rings. The third kappa shape index (κ3) is 6.63. The Hall–Kier alpha value is -1.36. The minimum Gasteiger partial charge on any atom is -0.356 e. The first-order valence-corrected chi connectivity index (χ1v) is 9.95. The number of halogens is 1. The summed E-state index contributed by atoms with van der Waals surface area (Å²) in [5, 5.41) is 8.63. The van der Waals surface area contributed by atoms with Gasteiger partial charge in [-0.3, -0.25) is 9.59 Å². The first kappa shape index (κ1) is 21.9. The molecule has 1 aromatic heterocycles. The van der Waals surface area contributed by atoms with Gasteiger partial charge in [0.1, 0.15) is 6.54 Å². The molecule has 0 spiro atoms. The van der Waals surface area contributed by atoms with Crippen LogP contribution in [0.2, 0.25) is 0 Å². The molecule has 1 aliphatic heterocycles. The van der Waals surface area contributed by atoms with Gasteiger partial charge in [-0.1, -0.05) is 6.07 Å². The lowest BCUT2D eigenvalue weighted by Crippen LogP contribution is -2.41. The van der Waals surface area contributed by atoms with Crippen molar-refractivity contribution < 1.29 is 9.59 Å². The first-order valence-electron chi connectivity index (χ1n) is 9.07. The van der Waals surface area contributed by atoms with Crippen LogP contribution in [-0.4, -0.2) is 67.3 Å². The molecule has 3 rings (SSSR count). The van der Waals surface area contributed by atoms with Gasteiger partial charge in [0.25, 0.3) is 0 Å². The number of aliphatic imine (C=N–C) groups is 1. The van der Waals surface area contributed by atoms with E-state index in [1.807, 2.05) is 16.3 Å². The van der Waals surface area contributed by atoms with Gasteiger partial charge >= 0.3 is 0 Å². The van der Waals surface area contributed by atoms with E-state index in [0.29, 0.717) is 37.4 Å². The summed E-state index contributed by atoms with van der Waals surface area (Å²) in [7, 11) is 3.45. The quantitative estimate of drug-likeness (QED) is 0.335. The van der Waals surface area contributed by atoms with Gasteiger partial charge < -0.3 is 20.4 Å². The van der Waals surface area contributed by atoms with Crippen molar-refractivity contribution in [3.05, 3.63) is 22.4 Å². The van der Waals surface area contributed by atoms with Gasteiger partial charge in [0.15, 0.2) is 5.96 Å². The van der Waals surface area contributed by atoms with Crippen LogP contribution in [0, 0.1) is 5.92 Å². The molecular weight excluding hydrogens is 477 g/mol. The molecule has 0 aromatic carbocycles. The Bertz CT molecular complexity index is 661. The summed E-state index contributed by atoms with van der Waals surface area (Å²) < 4.78 is 0. The van der Waals surface area contributed by atoms with E-state index in [2.05, 4.69) is 21.7 Å². The van der Waals surface area contributed by atoms with E-state index < -0.39 is 0 Å². The molecule has 9 heteroatoms. The fraction of sp³-hybridized carbons (Fsp3) is 0.611. The Morgan fingerprint density at radius 3 is 2.78 bits per heavy atom. The number of carbonyl (C=O) groups excluding carboxylic acids is 2. The molecular formula is C18H28IN5O2S. The summed E-state index contributed by atoms with van der Waals surface area (Å²) in [4.78, 5) is 33.1. The van der Waals surface area contributed by atoms with Gasteiger partial charge in [0.05, 0.1) is 6.54 Å². The highest BCUT2D eigenvalue weighted by Crippen LogP contribution is 2.32. The van der Waals surface area contributed by atoms with Crippen molar-refractivity contribution >= 4 is 53.1 Å². The molecule has 2 heterocycles. The molecule has 1 saturated carbocycles. The van der Waals surface area contributed by atoms with Crippen molar-refractivity contribution in [2.45, 2.75) is 31.8 Å². The number of nitrogens with one attached hydrogen (secondary N) is 2. The molecule has 1 aliphatic carbocycles. The molecule has 1 aromatic rings. The van der Waals surface area contributed by atoms with Crippen LogP contribution in [0.3, 0.4) is 0 Å². The van der Waals surface area contributed by atoms with Crippen molar-refractivity contribution in [3.8, 4) is 0 Å². The molecule has 27 heavy (non-hydrogen) atoms. The van der Waals surface area contributed by atoms with Gasteiger partial charge in [0, 0.05) is 50.4 Å². The molecule has 2 amide bonds. The zero-order chi connectivity index (χ0) is 18.5. The predicted octanol–water partition coefficient (Wildman–Crippen LogP) is 1.50. The third-order valence-electron chi connectivity index (χ3n) is 4.67. The zero-order valence-corrected chi connectivity index (χ0v) is 19.0. The Morgan fingerprint density at radius 1 is 1.37 bits per heavy atom. The van der Waals surface area contributed by atoms with Gasteiger partial charge in [-0.15, -0.1) is 35.3 Å². The smallest absolute Gasteiger partial charge is 0.243 e. The van der Waals surface area contributed by atoms with Crippen LogP contribution >= 0.6 is 35.3 Å². The van der Waals surface area contributed by atoms with E-state index in [1.54, 1.807) is 25.4 Å². The van der Waals surface area contributed by atoms with Crippen molar-refractivity contribution in [1.82, 2.24) is 20.4 Å². The molecule has 150 valence electrons. The number of likely N-dealkylation sites (tertiary alicyclic amines) is 1. The Labute approximate surface area is 181 Å². The number of hydrogen-bond donors (Lipinski definition) is 2. The second-order valence-corrected chi connectivity index (χ2v) is 8.15. The average molecular weight is 505 g/mol.